The van der Waals surface area contributed by atoms with Gasteiger partial charge in [-0.1, -0.05) is 43.2 Å². The van der Waals surface area contributed by atoms with Crippen molar-refractivity contribution in [2.24, 2.45) is 0 Å². The van der Waals surface area contributed by atoms with Crippen LogP contribution in [0.4, 0.5) is 0 Å². The summed E-state index contributed by atoms with van der Waals surface area (Å²) in [4.78, 5) is 7.93. The molecule has 2 N–H and O–H groups in total. The number of nitrogens with one attached hydrogen (secondary N) is 2. The highest BCUT2D eigenvalue weighted by atomic mass is 32.2. The maximum absolute atomic E-state index is 4.58. The van der Waals surface area contributed by atoms with Gasteiger partial charge in [-0.3, -0.25) is 0 Å². The highest BCUT2D eigenvalue weighted by Gasteiger charge is 2.12. The summed E-state index contributed by atoms with van der Waals surface area (Å²) < 4.78 is 0. The number of aromatic amines is 1. The maximum atomic E-state index is 4.58. The van der Waals surface area contributed by atoms with Gasteiger partial charge >= 0.3 is 0 Å². The van der Waals surface area contributed by atoms with Gasteiger partial charge in [-0.15, -0.1) is 0 Å². The molecule has 0 radical (unpaired) electrons. The van der Waals surface area contributed by atoms with Gasteiger partial charge in [0.2, 0.25) is 0 Å². The predicted octanol–water partition coefficient (Wildman–Crippen LogP) is 3.58. The number of hydrogen-bond acceptors (Lipinski definition) is 3. The third-order valence-electron chi connectivity index (χ3n) is 3.75. The fraction of sp³-hybridized carbons (Fsp3) is 0.533. The lowest BCUT2D eigenvalue weighted by Gasteiger charge is -2.22. The topological polar surface area (TPSA) is 40.7 Å². The second-order valence-electron chi connectivity index (χ2n) is 5.20. The number of thioether (sulfide) groups is 1. The molecular weight excluding hydrogens is 254 g/mol. The molecule has 0 saturated heterocycles. The number of hydrogen-bond donors (Lipinski definition) is 2. The van der Waals surface area contributed by atoms with E-state index < -0.39 is 0 Å². The van der Waals surface area contributed by atoms with Crippen LogP contribution in [0.25, 0.3) is 11.0 Å². The molecule has 1 aromatic heterocycles. The summed E-state index contributed by atoms with van der Waals surface area (Å²) in [6.45, 7) is 1.08. The molecule has 102 valence electrons. The Balaban J connectivity index is 1.44. The van der Waals surface area contributed by atoms with E-state index in [1.54, 1.807) is 11.8 Å². The van der Waals surface area contributed by atoms with Crippen LogP contribution in [-0.2, 0) is 0 Å². The van der Waals surface area contributed by atoms with Crippen LogP contribution in [0, 0.1) is 0 Å². The van der Waals surface area contributed by atoms with E-state index in [2.05, 4.69) is 27.4 Å². The first-order valence-corrected chi connectivity index (χ1v) is 8.21. The number of imidazole rings is 1. The number of para-hydroxylation sites is 2. The summed E-state index contributed by atoms with van der Waals surface area (Å²) in [5.41, 5.74) is 2.19. The Morgan fingerprint density at radius 1 is 1.21 bits per heavy atom. The molecule has 3 rings (SSSR count). The molecule has 0 aliphatic heterocycles. The number of fused-ring (bicyclic) bond motifs is 1. The Kier molecular flexibility index (Phi) is 4.41. The molecule has 0 spiro atoms. The van der Waals surface area contributed by atoms with E-state index in [-0.39, 0.29) is 0 Å². The van der Waals surface area contributed by atoms with E-state index in [9.17, 15) is 0 Å². The molecular formula is C15H21N3S. The molecule has 0 unspecified atom stereocenters. The van der Waals surface area contributed by atoms with E-state index in [0.29, 0.717) is 0 Å². The number of benzene rings is 1. The van der Waals surface area contributed by atoms with Crippen LogP contribution < -0.4 is 5.32 Å². The Hall–Kier alpha value is -1.00. The van der Waals surface area contributed by atoms with Crippen molar-refractivity contribution in [2.45, 2.75) is 43.3 Å². The molecule has 0 bridgehead atoms. The molecule has 2 aromatic rings. The van der Waals surface area contributed by atoms with Gasteiger partial charge in [-0.25, -0.2) is 4.98 Å². The first kappa shape index (κ1) is 13.0. The van der Waals surface area contributed by atoms with Gasteiger partial charge in [-0.05, 0) is 25.0 Å². The van der Waals surface area contributed by atoms with Gasteiger partial charge in [0.05, 0.1) is 11.0 Å². The number of nitrogens with zero attached hydrogens (tertiary/aromatic N) is 1. The highest BCUT2D eigenvalue weighted by molar-refractivity contribution is 7.99. The van der Waals surface area contributed by atoms with Crippen LogP contribution in [0.1, 0.15) is 32.1 Å². The zero-order valence-corrected chi connectivity index (χ0v) is 12.0. The first-order valence-electron chi connectivity index (χ1n) is 7.23. The van der Waals surface area contributed by atoms with E-state index in [4.69, 9.17) is 0 Å². The lowest BCUT2D eigenvalue weighted by Crippen LogP contribution is -2.32. The molecule has 1 aromatic carbocycles. The monoisotopic (exact) mass is 275 g/mol. The highest BCUT2D eigenvalue weighted by Crippen LogP contribution is 2.20. The Morgan fingerprint density at radius 2 is 2.05 bits per heavy atom. The second-order valence-corrected chi connectivity index (χ2v) is 6.28. The first-order chi connectivity index (χ1) is 9.42. The average Bonchev–Trinajstić information content (AvgIpc) is 2.87. The van der Waals surface area contributed by atoms with Gasteiger partial charge in [0.1, 0.15) is 0 Å². The van der Waals surface area contributed by atoms with Crippen molar-refractivity contribution >= 4 is 22.8 Å². The van der Waals surface area contributed by atoms with Crippen molar-refractivity contribution in [3.05, 3.63) is 24.3 Å². The van der Waals surface area contributed by atoms with Crippen molar-refractivity contribution in [3.8, 4) is 0 Å². The molecule has 1 saturated carbocycles. The third kappa shape index (κ3) is 3.51. The van der Waals surface area contributed by atoms with Gasteiger partial charge in [0, 0.05) is 18.3 Å². The summed E-state index contributed by atoms with van der Waals surface area (Å²) in [5, 5.41) is 4.70. The van der Waals surface area contributed by atoms with Gasteiger partial charge in [0.15, 0.2) is 5.16 Å². The number of rotatable bonds is 5. The molecule has 1 fully saturated rings. The summed E-state index contributed by atoms with van der Waals surface area (Å²) in [6.07, 6.45) is 6.93. The smallest absolute Gasteiger partial charge is 0.166 e. The van der Waals surface area contributed by atoms with E-state index >= 15 is 0 Å². The van der Waals surface area contributed by atoms with Crippen LogP contribution in [0.3, 0.4) is 0 Å². The molecule has 19 heavy (non-hydrogen) atoms. The number of H-pyrrole nitrogens is 1. The molecule has 3 nitrogen and oxygen atoms in total. The minimum atomic E-state index is 0.755. The second kappa shape index (κ2) is 6.44. The van der Waals surface area contributed by atoms with E-state index in [1.807, 2.05) is 12.1 Å². The average molecular weight is 275 g/mol. The molecule has 0 atom stereocenters. The standard InChI is InChI=1S/C15H21N3S/c1-2-6-12(7-3-1)16-10-11-19-15-17-13-8-4-5-9-14(13)18-15/h4-5,8-9,12,16H,1-3,6-7,10-11H2,(H,17,18). The summed E-state index contributed by atoms with van der Waals surface area (Å²) >= 11 is 1.81. The normalized spacial score (nSPS) is 17.1. The van der Waals surface area contributed by atoms with E-state index in [1.165, 1.54) is 32.1 Å². The van der Waals surface area contributed by atoms with Crippen LogP contribution in [0.2, 0.25) is 0 Å². The Bertz CT molecular complexity index is 484. The fourth-order valence-electron chi connectivity index (χ4n) is 2.72. The molecule has 1 heterocycles. The SMILES string of the molecule is c1ccc2[nH]c(SCCNC3CCCCC3)nc2c1. The molecule has 1 aliphatic carbocycles. The van der Waals surface area contributed by atoms with Gasteiger partial charge in [-0.2, -0.15) is 0 Å². The van der Waals surface area contributed by atoms with Crippen LogP contribution in [-0.4, -0.2) is 28.3 Å². The summed E-state index contributed by atoms with van der Waals surface area (Å²) in [6, 6.07) is 8.95. The third-order valence-corrected chi connectivity index (χ3v) is 4.62. The molecule has 1 aliphatic rings. The van der Waals surface area contributed by atoms with Crippen molar-refractivity contribution < 1.29 is 0 Å². The van der Waals surface area contributed by atoms with Crippen molar-refractivity contribution in [2.75, 3.05) is 12.3 Å². The summed E-state index contributed by atoms with van der Waals surface area (Å²) in [5.74, 6) is 1.08. The minimum absolute atomic E-state index is 0.755. The van der Waals surface area contributed by atoms with Crippen LogP contribution in [0.15, 0.2) is 29.4 Å². The predicted molar refractivity (Wildman–Crippen MR) is 81.7 cm³/mol. The zero-order valence-electron chi connectivity index (χ0n) is 11.2. The largest absolute Gasteiger partial charge is 0.333 e. The van der Waals surface area contributed by atoms with Crippen LogP contribution in [0.5, 0.6) is 0 Å². The van der Waals surface area contributed by atoms with Gasteiger partial charge < -0.3 is 10.3 Å². The maximum Gasteiger partial charge on any atom is 0.166 e. The molecule has 0 amide bonds. The lowest BCUT2D eigenvalue weighted by atomic mass is 9.96. The lowest BCUT2D eigenvalue weighted by molar-refractivity contribution is 0.381. The van der Waals surface area contributed by atoms with E-state index in [0.717, 1.165) is 34.5 Å². The Morgan fingerprint density at radius 3 is 2.89 bits per heavy atom. The van der Waals surface area contributed by atoms with Gasteiger partial charge in [0.25, 0.3) is 0 Å². The number of aromatic nitrogens is 2. The van der Waals surface area contributed by atoms with Crippen LogP contribution >= 0.6 is 11.8 Å². The van der Waals surface area contributed by atoms with Crippen molar-refractivity contribution in [3.63, 3.8) is 0 Å². The fourth-order valence-corrected chi connectivity index (χ4v) is 3.47. The van der Waals surface area contributed by atoms with Crippen molar-refractivity contribution in [1.82, 2.24) is 15.3 Å². The Labute approximate surface area is 118 Å². The van der Waals surface area contributed by atoms with Crippen molar-refractivity contribution in [1.29, 1.82) is 0 Å². The quantitative estimate of drug-likeness (QED) is 0.647. The summed E-state index contributed by atoms with van der Waals surface area (Å²) in [7, 11) is 0. The minimum Gasteiger partial charge on any atom is -0.333 e. The zero-order chi connectivity index (χ0) is 12.9. The molecule has 4 heteroatoms.